The number of likely N-dealkylation sites (N-methyl/N-ethyl adjacent to an activating group) is 1. The van der Waals surface area contributed by atoms with Gasteiger partial charge in [0, 0.05) is 42.4 Å². The van der Waals surface area contributed by atoms with Gasteiger partial charge in [-0.1, -0.05) is 32.5 Å². The van der Waals surface area contributed by atoms with Crippen molar-refractivity contribution >= 4 is 64.8 Å². The Hall–Kier alpha value is -1.00. The molecule has 0 radical (unpaired) electrons. The van der Waals surface area contributed by atoms with E-state index in [9.17, 15) is 19.5 Å². The number of hydroxylamine groups is 1. The number of hydrogen-bond donors (Lipinski definition) is 3. The molecule has 3 N–H and O–H groups in total. The molecular weight excluding hydrogens is 621 g/mol. The Labute approximate surface area is 303 Å². The number of aliphatic hydroxyl groups is 1. The van der Waals surface area contributed by atoms with Crippen molar-refractivity contribution in [2.24, 2.45) is 11.8 Å². The Morgan fingerprint density at radius 3 is 2.67 bits per heavy atom. The number of carbonyl (C=O) groups is 3. The van der Waals surface area contributed by atoms with Crippen LogP contribution in [0.1, 0.15) is 92.0 Å². The topological polar surface area (TPSA) is 126 Å². The summed E-state index contributed by atoms with van der Waals surface area (Å²) in [7, 11) is 4.61. The van der Waals surface area contributed by atoms with Crippen LogP contribution in [0.3, 0.4) is 0 Å². The van der Waals surface area contributed by atoms with Gasteiger partial charge in [-0.15, -0.1) is 14.7 Å². The van der Waals surface area contributed by atoms with Gasteiger partial charge in [0.15, 0.2) is 11.5 Å². The van der Waals surface area contributed by atoms with Gasteiger partial charge >= 0.3 is 43.9 Å². The molecule has 7 atom stereocenters. The van der Waals surface area contributed by atoms with Gasteiger partial charge in [0.1, 0.15) is 11.9 Å². The number of nitrogens with zero attached hydrogens (tertiary/aromatic N) is 1. The van der Waals surface area contributed by atoms with Gasteiger partial charge in [-0.05, 0) is 89.4 Å². The van der Waals surface area contributed by atoms with Gasteiger partial charge < -0.3 is 32.5 Å². The molecule has 1 aromatic rings. The van der Waals surface area contributed by atoms with Crippen molar-refractivity contribution in [2.45, 2.75) is 108 Å². The molecule has 10 nitrogen and oxygen atoms in total. The molecule has 2 aliphatic heterocycles. The van der Waals surface area contributed by atoms with Crippen molar-refractivity contribution in [1.82, 2.24) is 15.7 Å². The van der Waals surface area contributed by atoms with Crippen molar-refractivity contribution in [3.63, 3.8) is 0 Å². The Balaban J connectivity index is 0.00000217. The summed E-state index contributed by atoms with van der Waals surface area (Å²) >= 11 is 0. The molecule has 1 spiro atoms. The van der Waals surface area contributed by atoms with Crippen molar-refractivity contribution in [1.29, 1.82) is 0 Å². The SMILES string of the molecule is CC(=O)C(C)CCCCNC(=O)CCCCCNOC(=O)Oc1ccc2c3c1OC1C(O)CCC4C(C2)N(C)CCC341.CP.[Ca+2].[H-].[H-]. The van der Waals surface area contributed by atoms with Gasteiger partial charge in [-0.3, -0.25) is 9.59 Å². The molecule has 250 valence electrons. The van der Waals surface area contributed by atoms with E-state index in [-0.39, 0.29) is 69.7 Å². The third-order valence-corrected chi connectivity index (χ3v) is 10.2. The standard InChI is InChI=1S/C32H47N3O7.CH5P.Ca.2H/c1-20(21(2)36)9-6-8-16-33-27(38)10-5-4-7-17-34-42-31(39)40-26-14-11-22-19-24-23-12-13-25(37)30-32(23,15-18-35(24)3)28(22)29(26)41-30;1-2;;;/h11,14,20,23-25,30,34,37H,4-10,12-13,15-19H2,1-3H3,(H,33,38);2H2,1H3;;;/q;;+2;2*-1. The normalized spacial score (nSPS) is 26.2. The number of benzene rings is 1. The summed E-state index contributed by atoms with van der Waals surface area (Å²) in [4.78, 5) is 43.4. The minimum atomic E-state index is -0.853. The molecule has 5 rings (SSSR count). The fraction of sp³-hybridized carbons (Fsp3) is 0.727. The molecule has 1 saturated carbocycles. The largest absolute Gasteiger partial charge is 2.00 e. The molecule has 45 heavy (non-hydrogen) atoms. The number of ether oxygens (including phenoxy) is 2. The van der Waals surface area contributed by atoms with Crippen molar-refractivity contribution in [2.75, 3.05) is 33.3 Å². The third-order valence-electron chi connectivity index (χ3n) is 10.2. The number of hydrogen-bond acceptors (Lipinski definition) is 9. The van der Waals surface area contributed by atoms with E-state index in [1.807, 2.05) is 19.7 Å². The maximum atomic E-state index is 12.5. The first-order valence-electron chi connectivity index (χ1n) is 16.4. The van der Waals surface area contributed by atoms with E-state index in [2.05, 4.69) is 32.0 Å². The second-order valence-corrected chi connectivity index (χ2v) is 12.8. The molecule has 1 aromatic carbocycles. The van der Waals surface area contributed by atoms with Gasteiger partial charge in [0.05, 0.1) is 6.10 Å². The zero-order chi connectivity index (χ0) is 31.9. The Morgan fingerprint density at radius 2 is 1.91 bits per heavy atom. The summed E-state index contributed by atoms with van der Waals surface area (Å²) in [6, 6.07) is 4.25. The van der Waals surface area contributed by atoms with Crippen LogP contribution in [0.15, 0.2) is 12.1 Å². The number of amides is 1. The number of likely N-dealkylation sites (tertiary alicyclic amines) is 1. The summed E-state index contributed by atoms with van der Waals surface area (Å²) < 4.78 is 12.0. The molecule has 2 bridgehead atoms. The van der Waals surface area contributed by atoms with Gasteiger partial charge in [0.2, 0.25) is 5.91 Å². The zero-order valence-electron chi connectivity index (χ0n) is 29.6. The van der Waals surface area contributed by atoms with Crippen LogP contribution in [-0.4, -0.2) is 117 Å². The molecule has 2 fully saturated rings. The molecule has 1 saturated heterocycles. The molecular formula is C33H54CaN3O7P. The van der Waals surface area contributed by atoms with Crippen LogP contribution in [-0.2, 0) is 26.3 Å². The van der Waals surface area contributed by atoms with Crippen molar-refractivity contribution in [3.05, 3.63) is 23.3 Å². The maximum Gasteiger partial charge on any atom is 2.00 e. The summed E-state index contributed by atoms with van der Waals surface area (Å²) in [6.07, 6.45) is 7.29. The van der Waals surface area contributed by atoms with E-state index < -0.39 is 12.3 Å². The van der Waals surface area contributed by atoms with Crippen LogP contribution in [0.25, 0.3) is 0 Å². The van der Waals surface area contributed by atoms with Crippen LogP contribution in [0, 0.1) is 11.8 Å². The fourth-order valence-corrected chi connectivity index (χ4v) is 7.76. The van der Waals surface area contributed by atoms with E-state index in [1.54, 1.807) is 13.0 Å². The van der Waals surface area contributed by atoms with Gasteiger partial charge in [0.25, 0.3) is 0 Å². The smallest absolute Gasteiger partial charge is 1.00 e. The van der Waals surface area contributed by atoms with Crippen LogP contribution >= 0.6 is 9.24 Å². The predicted octanol–water partition coefficient (Wildman–Crippen LogP) is 4.14. The summed E-state index contributed by atoms with van der Waals surface area (Å²) in [6.45, 7) is 7.52. The first-order valence-corrected chi connectivity index (χ1v) is 17.6. The summed E-state index contributed by atoms with van der Waals surface area (Å²) in [5.74, 6) is 1.69. The minimum Gasteiger partial charge on any atom is -1.00 e. The summed E-state index contributed by atoms with van der Waals surface area (Å²) in [5, 5.41) is 13.9. The molecule has 1 amide bonds. The van der Waals surface area contributed by atoms with Crippen LogP contribution in [0.4, 0.5) is 4.79 Å². The Bertz CT molecular complexity index is 1190. The van der Waals surface area contributed by atoms with E-state index in [0.717, 1.165) is 76.3 Å². The van der Waals surface area contributed by atoms with E-state index >= 15 is 0 Å². The average Bonchev–Trinajstić information content (AvgIpc) is 3.37. The first kappa shape index (κ1) is 38.4. The molecule has 2 heterocycles. The molecule has 12 heteroatoms. The number of rotatable bonds is 14. The van der Waals surface area contributed by atoms with Gasteiger partial charge in [-0.25, -0.2) is 4.79 Å². The second kappa shape index (κ2) is 18.0. The summed E-state index contributed by atoms with van der Waals surface area (Å²) in [5.41, 5.74) is 4.79. The van der Waals surface area contributed by atoms with E-state index in [1.165, 1.54) is 5.56 Å². The van der Waals surface area contributed by atoms with Crippen molar-refractivity contribution in [3.8, 4) is 11.5 Å². The van der Waals surface area contributed by atoms with E-state index in [4.69, 9.17) is 14.3 Å². The number of aliphatic hydroxyl groups excluding tert-OH is 1. The van der Waals surface area contributed by atoms with Crippen LogP contribution in [0.5, 0.6) is 11.5 Å². The molecule has 0 aromatic heterocycles. The first-order chi connectivity index (χ1) is 21.2. The molecule has 2 aliphatic carbocycles. The van der Waals surface area contributed by atoms with Gasteiger partial charge in [-0.2, -0.15) is 0 Å². The second-order valence-electron chi connectivity index (χ2n) is 12.8. The number of Topliss-reactive ketones (excluding diaryl/α,β-unsaturated/α-hetero) is 1. The minimum absolute atomic E-state index is 0. The molecule has 7 unspecified atom stereocenters. The monoisotopic (exact) mass is 675 g/mol. The van der Waals surface area contributed by atoms with Crippen molar-refractivity contribution < 1.29 is 36.7 Å². The quantitative estimate of drug-likeness (QED) is 0.0666. The average molecular weight is 676 g/mol. The Kier molecular flexibility index (Phi) is 15.3. The van der Waals surface area contributed by atoms with Crippen LogP contribution < -0.4 is 20.3 Å². The maximum absolute atomic E-state index is 12.5. The Morgan fingerprint density at radius 1 is 1.16 bits per heavy atom. The van der Waals surface area contributed by atoms with Crippen LogP contribution in [0.2, 0.25) is 0 Å². The zero-order valence-corrected chi connectivity index (χ0v) is 30.9. The number of carbonyl (C=O) groups excluding carboxylic acids is 3. The fourth-order valence-electron chi connectivity index (χ4n) is 7.76. The van der Waals surface area contributed by atoms with E-state index in [0.29, 0.717) is 43.0 Å². The molecule has 4 aliphatic rings. The number of unbranched alkanes of at least 4 members (excludes halogenated alkanes) is 3. The third kappa shape index (κ3) is 8.73. The number of nitrogens with one attached hydrogen (secondary N) is 2. The number of ketones is 1. The predicted molar refractivity (Wildman–Crippen MR) is 180 cm³/mol. The number of piperidine rings is 1.